The molecule has 6 rings (SSSR count). The Bertz CT molecular complexity index is 1870. The lowest BCUT2D eigenvalue weighted by Gasteiger charge is -2.15. The zero-order chi connectivity index (χ0) is 32.1. The van der Waals surface area contributed by atoms with Crippen molar-refractivity contribution >= 4 is 33.1 Å². The molecule has 0 atom stereocenters. The Balaban J connectivity index is 1.12. The summed E-state index contributed by atoms with van der Waals surface area (Å²) in [6.45, 7) is 2.22. The number of carbonyl (C=O) groups excluding carboxylic acids is 2. The highest BCUT2D eigenvalue weighted by Crippen LogP contribution is 2.49. The molecule has 0 radical (unpaired) electrons. The van der Waals surface area contributed by atoms with Crippen molar-refractivity contribution in [2.45, 2.75) is 32.2 Å². The zero-order valence-corrected chi connectivity index (χ0v) is 26.6. The fourth-order valence-corrected chi connectivity index (χ4v) is 6.64. The van der Waals surface area contributed by atoms with E-state index < -0.39 is 11.2 Å². The third-order valence-corrected chi connectivity index (χ3v) is 9.56. The van der Waals surface area contributed by atoms with Crippen LogP contribution in [0.1, 0.15) is 29.5 Å². The average Bonchev–Trinajstić information content (AvgIpc) is 3.77. The molecule has 0 amide bonds. The second-order valence-corrected chi connectivity index (χ2v) is 12.5. The lowest BCUT2D eigenvalue weighted by molar-refractivity contribution is -0.133. The van der Waals surface area contributed by atoms with Crippen LogP contribution >= 0.6 is 11.3 Å². The van der Waals surface area contributed by atoms with E-state index >= 15 is 4.39 Å². The quantitative estimate of drug-likeness (QED) is 0.0949. The van der Waals surface area contributed by atoms with E-state index in [1.807, 2.05) is 24.3 Å². The summed E-state index contributed by atoms with van der Waals surface area (Å²) in [5, 5.41) is 3.34. The Hall–Kier alpha value is -4.44. The van der Waals surface area contributed by atoms with Crippen molar-refractivity contribution in [2.75, 3.05) is 27.4 Å². The van der Waals surface area contributed by atoms with E-state index in [0.29, 0.717) is 36.5 Å². The van der Waals surface area contributed by atoms with Crippen molar-refractivity contribution in [2.24, 2.45) is 5.41 Å². The number of pyridine rings is 1. The Labute approximate surface area is 271 Å². The number of halogens is 1. The molecule has 1 fully saturated rings. The molecular formula is C37H35FN2O5S. The van der Waals surface area contributed by atoms with Crippen LogP contribution in [0.5, 0.6) is 17.2 Å². The summed E-state index contributed by atoms with van der Waals surface area (Å²) in [6, 6.07) is 23.9. The van der Waals surface area contributed by atoms with Gasteiger partial charge in [-0.15, -0.1) is 11.3 Å². The number of hydrogen-bond donors (Lipinski definition) is 1. The molecule has 0 saturated heterocycles. The summed E-state index contributed by atoms with van der Waals surface area (Å²) in [5.41, 5.74) is 3.25. The Kier molecular flexibility index (Phi) is 9.53. The molecule has 0 unspecified atom stereocenters. The van der Waals surface area contributed by atoms with E-state index in [2.05, 4.69) is 34.6 Å². The number of nitrogens with one attached hydrogen (secondary N) is 1. The Morgan fingerprint density at radius 2 is 1.65 bits per heavy atom. The van der Waals surface area contributed by atoms with E-state index in [1.54, 1.807) is 38.6 Å². The molecule has 5 aromatic rings. The van der Waals surface area contributed by atoms with E-state index in [4.69, 9.17) is 14.2 Å². The van der Waals surface area contributed by atoms with Crippen molar-refractivity contribution in [3.05, 3.63) is 108 Å². The Morgan fingerprint density at radius 1 is 0.891 bits per heavy atom. The number of ether oxygens (including phenoxy) is 3. The number of rotatable bonds is 15. The first-order valence-corrected chi connectivity index (χ1v) is 16.0. The molecule has 46 heavy (non-hydrogen) atoms. The van der Waals surface area contributed by atoms with Gasteiger partial charge in [-0.2, -0.15) is 0 Å². The molecule has 236 valence electrons. The molecule has 1 N–H and O–H groups in total. The number of methoxy groups -OCH3 is 2. The number of aromatic nitrogens is 1. The number of fused-ring (bicyclic) bond motifs is 1. The molecule has 0 spiro atoms. The molecule has 1 saturated carbocycles. The van der Waals surface area contributed by atoms with Crippen LogP contribution in [0.25, 0.3) is 20.7 Å². The topological polar surface area (TPSA) is 86.8 Å². The van der Waals surface area contributed by atoms with Crippen LogP contribution in [0.4, 0.5) is 4.39 Å². The number of Topliss-reactive ketones (excluding diaryl/α,β-unsaturated/α-hetero) is 2. The minimum absolute atomic E-state index is 0.0232. The molecule has 1 aliphatic rings. The van der Waals surface area contributed by atoms with Gasteiger partial charge in [0.15, 0.2) is 23.1 Å². The van der Waals surface area contributed by atoms with Crippen LogP contribution in [-0.2, 0) is 33.7 Å². The van der Waals surface area contributed by atoms with Gasteiger partial charge >= 0.3 is 0 Å². The normalized spacial score (nSPS) is 13.5. The van der Waals surface area contributed by atoms with Gasteiger partial charge in [-0.05, 0) is 53.8 Å². The third kappa shape index (κ3) is 6.87. The van der Waals surface area contributed by atoms with Gasteiger partial charge in [0, 0.05) is 55.7 Å². The highest BCUT2D eigenvalue weighted by molar-refractivity contribution is 7.22. The third-order valence-electron chi connectivity index (χ3n) is 8.37. The van der Waals surface area contributed by atoms with Crippen LogP contribution in [-0.4, -0.2) is 43.9 Å². The maximum Gasteiger partial charge on any atom is 0.166 e. The predicted octanol–water partition coefficient (Wildman–Crippen LogP) is 7.34. The predicted molar refractivity (Wildman–Crippen MR) is 177 cm³/mol. The molecule has 2 heterocycles. The van der Waals surface area contributed by atoms with Crippen molar-refractivity contribution in [3.8, 4) is 27.7 Å². The summed E-state index contributed by atoms with van der Waals surface area (Å²) in [5.74, 6) is 0.299. The molecule has 3 aromatic carbocycles. The second kappa shape index (κ2) is 13.9. The fourth-order valence-electron chi connectivity index (χ4n) is 5.57. The number of carbonyl (C=O) groups is 2. The first-order valence-electron chi connectivity index (χ1n) is 15.2. The van der Waals surface area contributed by atoms with Gasteiger partial charge in [-0.3, -0.25) is 14.6 Å². The van der Waals surface area contributed by atoms with E-state index in [1.165, 1.54) is 29.0 Å². The monoisotopic (exact) mass is 638 g/mol. The molecule has 7 nitrogen and oxygen atoms in total. The molecule has 2 aromatic heterocycles. The van der Waals surface area contributed by atoms with Gasteiger partial charge in [0.05, 0.1) is 29.3 Å². The summed E-state index contributed by atoms with van der Waals surface area (Å²) >= 11 is 1.53. The van der Waals surface area contributed by atoms with Crippen molar-refractivity contribution in [1.82, 2.24) is 10.3 Å². The van der Waals surface area contributed by atoms with Gasteiger partial charge in [0.25, 0.3) is 0 Å². The molecular weight excluding hydrogens is 603 g/mol. The van der Waals surface area contributed by atoms with E-state index in [-0.39, 0.29) is 30.2 Å². The number of ketones is 2. The number of benzene rings is 3. The maximum atomic E-state index is 15.3. The van der Waals surface area contributed by atoms with Crippen molar-refractivity contribution < 1.29 is 28.2 Å². The van der Waals surface area contributed by atoms with Crippen LogP contribution in [0.2, 0.25) is 0 Å². The van der Waals surface area contributed by atoms with E-state index in [0.717, 1.165) is 39.3 Å². The highest BCUT2D eigenvalue weighted by Gasteiger charge is 2.54. The number of hydrogen-bond acceptors (Lipinski definition) is 8. The lowest BCUT2D eigenvalue weighted by Crippen LogP contribution is -2.29. The van der Waals surface area contributed by atoms with Crippen LogP contribution in [0.15, 0.2) is 85.1 Å². The molecule has 9 heteroatoms. The summed E-state index contributed by atoms with van der Waals surface area (Å²) in [4.78, 5) is 32.0. The smallest absolute Gasteiger partial charge is 0.166 e. The van der Waals surface area contributed by atoms with Crippen LogP contribution in [0.3, 0.4) is 0 Å². The first-order chi connectivity index (χ1) is 22.4. The van der Waals surface area contributed by atoms with Gasteiger partial charge in [-0.25, -0.2) is 4.39 Å². The largest absolute Gasteiger partial charge is 0.496 e. The zero-order valence-electron chi connectivity index (χ0n) is 25.8. The van der Waals surface area contributed by atoms with Crippen molar-refractivity contribution in [3.63, 3.8) is 0 Å². The van der Waals surface area contributed by atoms with Crippen LogP contribution < -0.4 is 14.8 Å². The average molecular weight is 639 g/mol. The number of thiophene rings is 1. The fraction of sp³-hybridized carbons (Fsp3) is 0.270. The molecule has 1 aliphatic carbocycles. The first kappa shape index (κ1) is 31.5. The minimum atomic E-state index is -1.01. The SMILES string of the molecule is COCCNCc1ccc(-c2cc3nccc(Oc4ccc(CC(=O)C5(C(=O)Cc6ccccc6OC)CC5)cc4F)c3s2)cc1. The molecule has 0 bridgehead atoms. The van der Waals surface area contributed by atoms with Gasteiger partial charge in [0.2, 0.25) is 0 Å². The van der Waals surface area contributed by atoms with Gasteiger partial charge in [-0.1, -0.05) is 48.5 Å². The van der Waals surface area contributed by atoms with Crippen LogP contribution in [0, 0.1) is 11.2 Å². The Morgan fingerprint density at radius 3 is 2.39 bits per heavy atom. The lowest BCUT2D eigenvalue weighted by atomic mass is 9.87. The summed E-state index contributed by atoms with van der Waals surface area (Å²) in [6.07, 6.45) is 2.77. The van der Waals surface area contributed by atoms with Gasteiger partial charge < -0.3 is 19.5 Å². The van der Waals surface area contributed by atoms with Gasteiger partial charge in [0.1, 0.15) is 11.5 Å². The summed E-state index contributed by atoms with van der Waals surface area (Å²) in [7, 11) is 3.24. The number of para-hydroxylation sites is 1. The maximum absolute atomic E-state index is 15.3. The molecule has 0 aliphatic heterocycles. The number of nitrogens with zero attached hydrogens (tertiary/aromatic N) is 1. The summed E-state index contributed by atoms with van der Waals surface area (Å²) < 4.78 is 32.6. The van der Waals surface area contributed by atoms with Crippen molar-refractivity contribution in [1.29, 1.82) is 0 Å². The minimum Gasteiger partial charge on any atom is -0.496 e. The second-order valence-electron chi connectivity index (χ2n) is 11.5. The standard InChI is InChI=1S/C37H35FN2O5S/c1-43-18-17-39-23-24-7-10-26(11-8-24)33-22-29-36(46-33)32(13-16-40-29)45-31-12-9-25(19-28(31)38)20-34(41)37(14-15-37)35(42)21-27-5-3-4-6-30(27)44-2/h3-13,16,19,22,39H,14-15,17-18,20-21,23H2,1-2H3. The van der Waals surface area contributed by atoms with E-state index in [9.17, 15) is 9.59 Å². The highest BCUT2D eigenvalue weighted by atomic mass is 32.1.